The minimum atomic E-state index is -0.485. The Morgan fingerprint density at radius 2 is 2.00 bits per heavy atom. The summed E-state index contributed by atoms with van der Waals surface area (Å²) in [7, 11) is 0. The van der Waals surface area contributed by atoms with Crippen LogP contribution in [0.1, 0.15) is 26.2 Å². The quantitative estimate of drug-likeness (QED) is 0.922. The summed E-state index contributed by atoms with van der Waals surface area (Å²) >= 11 is 3.41. The molecule has 1 aromatic carbocycles. The third kappa shape index (κ3) is 5.13. The molecule has 0 bridgehead atoms. The summed E-state index contributed by atoms with van der Waals surface area (Å²) < 4.78 is 6.80. The highest BCUT2D eigenvalue weighted by atomic mass is 79.9. The Morgan fingerprint density at radius 1 is 1.26 bits per heavy atom. The monoisotopic (exact) mass is 327 g/mol. The predicted octanol–water partition coefficient (Wildman–Crippen LogP) is 3.06. The number of hydrogen-bond donors (Lipinski definition) is 1. The molecule has 0 spiro atoms. The fourth-order valence-corrected chi connectivity index (χ4v) is 2.63. The third-order valence-electron chi connectivity index (χ3n) is 3.65. The Kier molecular flexibility index (Phi) is 5.25. The van der Waals surface area contributed by atoms with E-state index in [1.807, 2.05) is 31.2 Å². The SMILES string of the molecule is CC1(O)CCCN(CCOc2ccc(Br)cc2)CC1. The molecular formula is C15H22BrNO2. The molecule has 1 aliphatic rings. The van der Waals surface area contributed by atoms with Crippen molar-refractivity contribution in [3.8, 4) is 5.75 Å². The van der Waals surface area contributed by atoms with Crippen molar-refractivity contribution in [1.29, 1.82) is 0 Å². The Bertz CT molecular complexity index is 392. The molecule has 0 radical (unpaired) electrons. The van der Waals surface area contributed by atoms with Crippen LogP contribution in [0.4, 0.5) is 0 Å². The van der Waals surface area contributed by atoms with Gasteiger partial charge < -0.3 is 9.84 Å². The van der Waals surface area contributed by atoms with Crippen LogP contribution in [0.2, 0.25) is 0 Å². The first-order valence-corrected chi connectivity index (χ1v) is 7.68. The van der Waals surface area contributed by atoms with Crippen molar-refractivity contribution >= 4 is 15.9 Å². The highest BCUT2D eigenvalue weighted by molar-refractivity contribution is 9.10. The lowest BCUT2D eigenvalue weighted by molar-refractivity contribution is 0.0442. The summed E-state index contributed by atoms with van der Waals surface area (Å²) in [5.74, 6) is 0.907. The van der Waals surface area contributed by atoms with Gasteiger partial charge in [0.05, 0.1) is 5.60 Å². The predicted molar refractivity (Wildman–Crippen MR) is 80.6 cm³/mol. The van der Waals surface area contributed by atoms with Crippen LogP contribution >= 0.6 is 15.9 Å². The van der Waals surface area contributed by atoms with Gasteiger partial charge in [0.15, 0.2) is 0 Å². The van der Waals surface area contributed by atoms with E-state index in [1.165, 1.54) is 0 Å². The maximum absolute atomic E-state index is 10.0. The molecule has 4 heteroatoms. The van der Waals surface area contributed by atoms with Gasteiger partial charge in [-0.25, -0.2) is 0 Å². The molecule has 1 unspecified atom stereocenters. The normalized spacial score (nSPS) is 25.0. The molecule has 3 nitrogen and oxygen atoms in total. The van der Waals surface area contributed by atoms with Crippen LogP contribution in [0.5, 0.6) is 5.75 Å². The van der Waals surface area contributed by atoms with Gasteiger partial charge in [0.2, 0.25) is 0 Å². The van der Waals surface area contributed by atoms with Gasteiger partial charge in [-0.1, -0.05) is 15.9 Å². The van der Waals surface area contributed by atoms with Crippen molar-refractivity contribution in [2.75, 3.05) is 26.2 Å². The molecule has 0 aliphatic carbocycles. The number of benzene rings is 1. The second-order valence-corrected chi connectivity index (χ2v) is 6.41. The van der Waals surface area contributed by atoms with Gasteiger partial charge in [-0.15, -0.1) is 0 Å². The largest absolute Gasteiger partial charge is 0.492 e. The Labute approximate surface area is 123 Å². The summed E-state index contributed by atoms with van der Waals surface area (Å²) in [6.45, 7) is 5.57. The number of likely N-dealkylation sites (tertiary alicyclic amines) is 1. The molecule has 106 valence electrons. The zero-order valence-corrected chi connectivity index (χ0v) is 13.0. The number of rotatable bonds is 4. The minimum Gasteiger partial charge on any atom is -0.492 e. The first-order valence-electron chi connectivity index (χ1n) is 6.88. The summed E-state index contributed by atoms with van der Waals surface area (Å²) in [6, 6.07) is 7.91. The average molecular weight is 328 g/mol. The van der Waals surface area contributed by atoms with Gasteiger partial charge in [-0.05, 0) is 57.0 Å². The smallest absolute Gasteiger partial charge is 0.119 e. The van der Waals surface area contributed by atoms with Crippen molar-refractivity contribution in [2.45, 2.75) is 31.8 Å². The Balaban J connectivity index is 1.72. The van der Waals surface area contributed by atoms with Crippen LogP contribution in [0.3, 0.4) is 0 Å². The maximum Gasteiger partial charge on any atom is 0.119 e. The van der Waals surface area contributed by atoms with Gasteiger partial charge in [-0.2, -0.15) is 0 Å². The first kappa shape index (κ1) is 14.8. The molecule has 1 N–H and O–H groups in total. The fraction of sp³-hybridized carbons (Fsp3) is 0.600. The van der Waals surface area contributed by atoms with Gasteiger partial charge >= 0.3 is 0 Å². The van der Waals surface area contributed by atoms with Gasteiger partial charge in [0, 0.05) is 17.6 Å². The van der Waals surface area contributed by atoms with E-state index in [-0.39, 0.29) is 0 Å². The van der Waals surface area contributed by atoms with Gasteiger partial charge in [0.25, 0.3) is 0 Å². The summed E-state index contributed by atoms with van der Waals surface area (Å²) in [6.07, 6.45) is 2.81. The van der Waals surface area contributed by atoms with Crippen molar-refractivity contribution in [1.82, 2.24) is 4.90 Å². The van der Waals surface area contributed by atoms with E-state index in [4.69, 9.17) is 4.74 Å². The lowest BCUT2D eigenvalue weighted by Gasteiger charge is -2.22. The molecule has 1 atom stereocenters. The molecule has 1 fully saturated rings. The molecule has 1 aliphatic heterocycles. The molecule has 1 saturated heterocycles. The van der Waals surface area contributed by atoms with E-state index in [0.717, 1.165) is 49.1 Å². The van der Waals surface area contributed by atoms with Crippen molar-refractivity contribution < 1.29 is 9.84 Å². The van der Waals surface area contributed by atoms with Crippen molar-refractivity contribution in [2.24, 2.45) is 0 Å². The molecule has 2 rings (SSSR count). The maximum atomic E-state index is 10.0. The number of nitrogens with zero attached hydrogens (tertiary/aromatic N) is 1. The Morgan fingerprint density at radius 3 is 2.74 bits per heavy atom. The third-order valence-corrected chi connectivity index (χ3v) is 4.17. The van der Waals surface area contributed by atoms with Gasteiger partial charge in [0.1, 0.15) is 12.4 Å². The van der Waals surface area contributed by atoms with Gasteiger partial charge in [-0.3, -0.25) is 4.90 Å². The molecule has 0 saturated carbocycles. The van der Waals surface area contributed by atoms with E-state index < -0.39 is 5.60 Å². The van der Waals surface area contributed by atoms with Crippen LogP contribution in [0.15, 0.2) is 28.7 Å². The molecule has 1 aromatic rings. The second-order valence-electron chi connectivity index (χ2n) is 5.49. The van der Waals surface area contributed by atoms with Crippen molar-refractivity contribution in [3.63, 3.8) is 0 Å². The highest BCUT2D eigenvalue weighted by Gasteiger charge is 2.24. The molecule has 1 heterocycles. The molecular weight excluding hydrogens is 306 g/mol. The zero-order valence-electron chi connectivity index (χ0n) is 11.4. The molecule has 0 amide bonds. The highest BCUT2D eigenvalue weighted by Crippen LogP contribution is 2.21. The standard InChI is InChI=1S/C15H22BrNO2/c1-15(18)7-2-9-17(10-8-15)11-12-19-14-5-3-13(16)4-6-14/h3-6,18H,2,7-12H2,1H3. The average Bonchev–Trinajstić information content (AvgIpc) is 2.53. The lowest BCUT2D eigenvalue weighted by atomic mass is 9.98. The van der Waals surface area contributed by atoms with E-state index >= 15 is 0 Å². The number of ether oxygens (including phenoxy) is 1. The van der Waals surface area contributed by atoms with Crippen LogP contribution in [-0.2, 0) is 0 Å². The lowest BCUT2D eigenvalue weighted by Crippen LogP contribution is -2.31. The molecule has 19 heavy (non-hydrogen) atoms. The molecule has 0 aromatic heterocycles. The zero-order chi connectivity index (χ0) is 13.7. The number of hydrogen-bond acceptors (Lipinski definition) is 3. The van der Waals surface area contributed by atoms with E-state index in [9.17, 15) is 5.11 Å². The second kappa shape index (κ2) is 6.73. The van der Waals surface area contributed by atoms with Crippen LogP contribution < -0.4 is 4.74 Å². The van der Waals surface area contributed by atoms with Crippen LogP contribution in [0.25, 0.3) is 0 Å². The van der Waals surface area contributed by atoms with Crippen molar-refractivity contribution in [3.05, 3.63) is 28.7 Å². The summed E-state index contributed by atoms with van der Waals surface area (Å²) in [4.78, 5) is 2.38. The van der Waals surface area contributed by atoms with E-state index in [1.54, 1.807) is 0 Å². The van der Waals surface area contributed by atoms with E-state index in [2.05, 4.69) is 20.8 Å². The number of halogens is 1. The fourth-order valence-electron chi connectivity index (χ4n) is 2.37. The topological polar surface area (TPSA) is 32.7 Å². The minimum absolute atomic E-state index is 0.485. The van der Waals surface area contributed by atoms with Crippen LogP contribution in [0, 0.1) is 0 Å². The number of aliphatic hydroxyl groups is 1. The first-order chi connectivity index (χ1) is 9.05. The van der Waals surface area contributed by atoms with E-state index in [0.29, 0.717) is 6.61 Å². The summed E-state index contributed by atoms with van der Waals surface area (Å²) in [5, 5.41) is 10.0. The summed E-state index contributed by atoms with van der Waals surface area (Å²) in [5.41, 5.74) is -0.485. The van der Waals surface area contributed by atoms with Crippen LogP contribution in [-0.4, -0.2) is 41.8 Å². The Hall–Kier alpha value is -0.580.